The minimum Gasteiger partial charge on any atom is -0.473 e. The lowest BCUT2D eigenvalue weighted by molar-refractivity contribution is 0.0201. The van der Waals surface area contributed by atoms with Gasteiger partial charge in [0.15, 0.2) is 6.73 Å². The van der Waals surface area contributed by atoms with E-state index in [2.05, 4.69) is 10.6 Å². The standard InChI is InChI=1S/C18H27N3O4/c1-18(2,3)25-17(23)21-11-9-14(10-12-21)20-16(22)19-13-24-15-7-5-4-6-8-15/h4-8,14H,9-13H2,1-3H3,(H2,19,20,22). The van der Waals surface area contributed by atoms with Crippen molar-refractivity contribution in [1.82, 2.24) is 15.5 Å². The van der Waals surface area contributed by atoms with Gasteiger partial charge in [-0.2, -0.15) is 0 Å². The number of piperidine rings is 1. The number of amides is 3. The van der Waals surface area contributed by atoms with Gasteiger partial charge < -0.3 is 25.0 Å². The average Bonchev–Trinajstić information content (AvgIpc) is 2.55. The van der Waals surface area contributed by atoms with E-state index in [-0.39, 0.29) is 24.9 Å². The molecule has 0 radical (unpaired) electrons. The molecule has 138 valence electrons. The van der Waals surface area contributed by atoms with Gasteiger partial charge in [0.25, 0.3) is 0 Å². The van der Waals surface area contributed by atoms with Crippen LogP contribution in [0, 0.1) is 0 Å². The van der Waals surface area contributed by atoms with E-state index in [1.54, 1.807) is 4.90 Å². The Morgan fingerprint density at radius 2 is 1.80 bits per heavy atom. The molecule has 1 aromatic rings. The number of carbonyl (C=O) groups excluding carboxylic acids is 2. The third-order valence-electron chi connectivity index (χ3n) is 3.70. The van der Waals surface area contributed by atoms with Crippen molar-refractivity contribution in [3.05, 3.63) is 30.3 Å². The van der Waals surface area contributed by atoms with E-state index in [4.69, 9.17) is 9.47 Å². The van der Waals surface area contributed by atoms with Crippen LogP contribution in [0.2, 0.25) is 0 Å². The fraction of sp³-hybridized carbons (Fsp3) is 0.556. The van der Waals surface area contributed by atoms with E-state index in [1.807, 2.05) is 51.1 Å². The fourth-order valence-corrected chi connectivity index (χ4v) is 2.47. The molecule has 0 saturated carbocycles. The van der Waals surface area contributed by atoms with Gasteiger partial charge in [-0.25, -0.2) is 9.59 Å². The number of urea groups is 1. The lowest BCUT2D eigenvalue weighted by Gasteiger charge is -2.33. The Kier molecular flexibility index (Phi) is 6.50. The Balaban J connectivity index is 1.64. The summed E-state index contributed by atoms with van der Waals surface area (Å²) in [7, 11) is 0. The second-order valence-corrected chi connectivity index (χ2v) is 6.99. The molecule has 0 spiro atoms. The van der Waals surface area contributed by atoms with Crippen molar-refractivity contribution in [1.29, 1.82) is 0 Å². The lowest BCUT2D eigenvalue weighted by atomic mass is 10.1. The van der Waals surface area contributed by atoms with Crippen LogP contribution in [0.1, 0.15) is 33.6 Å². The number of benzene rings is 1. The largest absolute Gasteiger partial charge is 0.473 e. The maximum absolute atomic E-state index is 12.0. The van der Waals surface area contributed by atoms with E-state index < -0.39 is 5.60 Å². The van der Waals surface area contributed by atoms with Crippen LogP contribution in [0.3, 0.4) is 0 Å². The molecule has 7 heteroatoms. The quantitative estimate of drug-likeness (QED) is 0.819. The highest BCUT2D eigenvalue weighted by atomic mass is 16.6. The number of hydrogen-bond donors (Lipinski definition) is 2. The molecule has 0 bridgehead atoms. The highest BCUT2D eigenvalue weighted by Gasteiger charge is 2.27. The summed E-state index contributed by atoms with van der Waals surface area (Å²) < 4.78 is 10.8. The van der Waals surface area contributed by atoms with Gasteiger partial charge in [0.05, 0.1) is 0 Å². The molecule has 1 saturated heterocycles. The Labute approximate surface area is 148 Å². The van der Waals surface area contributed by atoms with Crippen LogP contribution in [-0.4, -0.2) is 48.5 Å². The summed E-state index contributed by atoms with van der Waals surface area (Å²) >= 11 is 0. The molecule has 25 heavy (non-hydrogen) atoms. The summed E-state index contributed by atoms with van der Waals surface area (Å²) in [6.07, 6.45) is 1.10. The number of nitrogens with one attached hydrogen (secondary N) is 2. The topological polar surface area (TPSA) is 79.9 Å². The molecule has 0 atom stereocenters. The smallest absolute Gasteiger partial charge is 0.410 e. The van der Waals surface area contributed by atoms with Gasteiger partial charge in [-0.05, 0) is 45.7 Å². The van der Waals surface area contributed by atoms with Crippen molar-refractivity contribution >= 4 is 12.1 Å². The molecular weight excluding hydrogens is 322 g/mol. The van der Waals surface area contributed by atoms with Crippen LogP contribution in [0.15, 0.2) is 30.3 Å². The second-order valence-electron chi connectivity index (χ2n) is 6.99. The molecule has 7 nitrogen and oxygen atoms in total. The lowest BCUT2D eigenvalue weighted by Crippen LogP contribution is -2.50. The Morgan fingerprint density at radius 1 is 1.16 bits per heavy atom. The summed E-state index contributed by atoms with van der Waals surface area (Å²) in [6, 6.07) is 9.05. The van der Waals surface area contributed by atoms with Crippen LogP contribution in [-0.2, 0) is 4.74 Å². The number of carbonyl (C=O) groups is 2. The van der Waals surface area contributed by atoms with Crippen molar-refractivity contribution in [3.63, 3.8) is 0 Å². The third kappa shape index (κ3) is 6.91. The summed E-state index contributed by atoms with van der Waals surface area (Å²) in [5.74, 6) is 0.702. The molecule has 0 unspecified atom stereocenters. The molecule has 1 heterocycles. The first-order chi connectivity index (χ1) is 11.8. The fourth-order valence-electron chi connectivity index (χ4n) is 2.47. The number of para-hydroxylation sites is 1. The first kappa shape index (κ1) is 18.9. The molecule has 2 rings (SSSR count). The van der Waals surface area contributed by atoms with Gasteiger partial charge in [-0.1, -0.05) is 18.2 Å². The minimum absolute atomic E-state index is 0.0374. The van der Waals surface area contributed by atoms with Crippen LogP contribution >= 0.6 is 0 Å². The predicted octanol–water partition coefficient (Wildman–Crippen LogP) is 2.72. The molecule has 1 aliphatic heterocycles. The monoisotopic (exact) mass is 349 g/mol. The first-order valence-corrected chi connectivity index (χ1v) is 8.53. The molecular formula is C18H27N3O4. The maximum atomic E-state index is 12.0. The van der Waals surface area contributed by atoms with E-state index >= 15 is 0 Å². The number of ether oxygens (including phenoxy) is 2. The summed E-state index contributed by atoms with van der Waals surface area (Å²) in [4.78, 5) is 25.6. The van der Waals surface area contributed by atoms with Crippen LogP contribution in [0.4, 0.5) is 9.59 Å². The number of hydrogen-bond acceptors (Lipinski definition) is 4. The van der Waals surface area contributed by atoms with E-state index in [9.17, 15) is 9.59 Å². The molecule has 3 amide bonds. The number of likely N-dealkylation sites (tertiary alicyclic amines) is 1. The molecule has 1 aliphatic rings. The SMILES string of the molecule is CC(C)(C)OC(=O)N1CCC(NC(=O)NCOc2ccccc2)CC1. The first-order valence-electron chi connectivity index (χ1n) is 8.53. The number of rotatable bonds is 4. The van der Waals surface area contributed by atoms with Crippen molar-refractivity contribution in [2.24, 2.45) is 0 Å². The van der Waals surface area contributed by atoms with E-state index in [1.165, 1.54) is 0 Å². The minimum atomic E-state index is -0.495. The van der Waals surface area contributed by atoms with Gasteiger partial charge in [-0.3, -0.25) is 0 Å². The van der Waals surface area contributed by atoms with E-state index in [0.717, 1.165) is 0 Å². The summed E-state index contributed by atoms with van der Waals surface area (Å²) in [5.41, 5.74) is -0.495. The highest BCUT2D eigenvalue weighted by molar-refractivity contribution is 5.74. The van der Waals surface area contributed by atoms with Gasteiger partial charge in [-0.15, -0.1) is 0 Å². The maximum Gasteiger partial charge on any atom is 0.410 e. The second kappa shape index (κ2) is 8.60. The third-order valence-corrected chi connectivity index (χ3v) is 3.70. The average molecular weight is 349 g/mol. The van der Waals surface area contributed by atoms with Gasteiger partial charge in [0.1, 0.15) is 11.4 Å². The van der Waals surface area contributed by atoms with Crippen LogP contribution in [0.25, 0.3) is 0 Å². The Morgan fingerprint density at radius 3 is 2.40 bits per heavy atom. The van der Waals surface area contributed by atoms with E-state index in [0.29, 0.717) is 31.7 Å². The van der Waals surface area contributed by atoms with Crippen molar-refractivity contribution in [2.45, 2.75) is 45.3 Å². The zero-order valence-corrected chi connectivity index (χ0v) is 15.1. The van der Waals surface area contributed by atoms with Crippen LogP contribution < -0.4 is 15.4 Å². The van der Waals surface area contributed by atoms with Gasteiger partial charge in [0, 0.05) is 19.1 Å². The molecule has 1 fully saturated rings. The zero-order chi connectivity index (χ0) is 18.3. The summed E-state index contributed by atoms with van der Waals surface area (Å²) in [5, 5.41) is 5.57. The molecule has 0 aromatic heterocycles. The van der Waals surface area contributed by atoms with Gasteiger partial charge in [0.2, 0.25) is 0 Å². The number of nitrogens with zero attached hydrogens (tertiary/aromatic N) is 1. The molecule has 0 aliphatic carbocycles. The van der Waals surface area contributed by atoms with Crippen LogP contribution in [0.5, 0.6) is 5.75 Å². The van der Waals surface area contributed by atoms with Crippen molar-refractivity contribution in [2.75, 3.05) is 19.8 Å². The Hall–Kier alpha value is -2.44. The summed E-state index contributed by atoms with van der Waals surface area (Å²) in [6.45, 7) is 6.79. The Bertz CT molecular complexity index is 563. The van der Waals surface area contributed by atoms with Gasteiger partial charge >= 0.3 is 12.1 Å². The highest BCUT2D eigenvalue weighted by Crippen LogP contribution is 2.15. The zero-order valence-electron chi connectivity index (χ0n) is 15.1. The normalized spacial score (nSPS) is 15.4. The van der Waals surface area contributed by atoms with Crippen molar-refractivity contribution < 1.29 is 19.1 Å². The van der Waals surface area contributed by atoms with Crippen molar-refractivity contribution in [3.8, 4) is 5.75 Å². The molecule has 1 aromatic carbocycles. The molecule has 2 N–H and O–H groups in total. The predicted molar refractivity (Wildman–Crippen MR) is 94.4 cm³/mol.